The van der Waals surface area contributed by atoms with Crippen molar-refractivity contribution in [3.05, 3.63) is 0 Å². The minimum Gasteiger partial charge on any atom is -0.353 e. The Morgan fingerprint density at radius 2 is 1.12 bits per heavy atom. The molecule has 2 aliphatic carbocycles. The average Bonchev–Trinajstić information content (AvgIpc) is 2.30. The molecule has 0 bridgehead atoms. The molecule has 3 heteroatoms. The lowest BCUT2D eigenvalue weighted by Crippen LogP contribution is -2.57. The summed E-state index contributed by atoms with van der Waals surface area (Å²) in [5.74, 6) is -1.63. The van der Waals surface area contributed by atoms with Gasteiger partial charge in [-0.1, -0.05) is 38.5 Å². The van der Waals surface area contributed by atoms with Crippen LogP contribution in [0.15, 0.2) is 0 Å². The highest BCUT2D eigenvalue weighted by atomic mass is 16.5. The van der Waals surface area contributed by atoms with Gasteiger partial charge in [0.15, 0.2) is 0 Å². The molecule has 2 fully saturated rings. The molecule has 3 nitrogen and oxygen atoms in total. The van der Waals surface area contributed by atoms with Gasteiger partial charge in [0.2, 0.25) is 5.91 Å². The van der Waals surface area contributed by atoms with E-state index in [-0.39, 0.29) is 0 Å². The summed E-state index contributed by atoms with van der Waals surface area (Å²) in [6.45, 7) is 1.54. The summed E-state index contributed by atoms with van der Waals surface area (Å²) >= 11 is 0. The molecule has 0 saturated heterocycles. The first kappa shape index (κ1) is 13.3. The smallest absolute Gasteiger partial charge is 0.222 e. The third kappa shape index (κ3) is 3.43. The lowest BCUT2D eigenvalue weighted by atomic mass is 9.88. The Bertz CT molecular complexity index is 207. The van der Waals surface area contributed by atoms with Crippen LogP contribution in [0.4, 0.5) is 0 Å². The largest absolute Gasteiger partial charge is 0.353 e. The summed E-state index contributed by atoms with van der Waals surface area (Å²) in [7, 11) is 0. The van der Waals surface area contributed by atoms with Crippen molar-refractivity contribution in [3.63, 3.8) is 0 Å². The van der Waals surface area contributed by atoms with E-state index in [0.717, 1.165) is 25.7 Å². The van der Waals surface area contributed by atoms with Crippen molar-refractivity contribution in [2.45, 2.75) is 89.1 Å². The highest BCUT2D eigenvalue weighted by Gasteiger charge is 2.38. The number of hydrogen-bond donors (Lipinski definition) is 2. The van der Waals surface area contributed by atoms with Crippen LogP contribution in [0, 0.1) is 0 Å². The van der Waals surface area contributed by atoms with Crippen molar-refractivity contribution in [2.75, 3.05) is 0 Å². The van der Waals surface area contributed by atoms with Gasteiger partial charge in [0, 0.05) is 19.0 Å². The first-order valence-electron chi connectivity index (χ1n) is 7.32. The number of hydrogen-bond acceptors (Lipinski definition) is 3. The van der Waals surface area contributed by atoms with E-state index >= 15 is 0 Å². The van der Waals surface area contributed by atoms with E-state index in [4.69, 9.17) is 0 Å². The van der Waals surface area contributed by atoms with Gasteiger partial charge >= 0.3 is 0 Å². The molecule has 0 unspecified atom stereocenters. The first-order chi connectivity index (χ1) is 8.09. The Hall–Kier alpha value is -0.120. The third-order valence-corrected chi connectivity index (χ3v) is 4.43. The lowest BCUT2D eigenvalue weighted by Gasteiger charge is -2.46. The summed E-state index contributed by atoms with van der Waals surface area (Å²) in [5.41, 5.74) is 0. The number of aliphatic hydroxyl groups is 2. The van der Waals surface area contributed by atoms with E-state index in [1.807, 2.05) is 4.90 Å². The van der Waals surface area contributed by atoms with Crippen LogP contribution >= 0.6 is 0 Å². The fourth-order valence-corrected chi connectivity index (χ4v) is 3.71. The summed E-state index contributed by atoms with van der Waals surface area (Å²) in [5, 5.41) is 20.1. The Morgan fingerprint density at radius 3 is 1.41 bits per heavy atom. The highest BCUT2D eigenvalue weighted by Crippen LogP contribution is 2.33. The quantitative estimate of drug-likeness (QED) is 0.746. The molecule has 0 aromatic rings. The average molecular weight is 241 g/mol. The molecule has 0 aromatic heterocycles. The maximum atomic E-state index is 10.1. The highest BCUT2D eigenvalue weighted by molar-refractivity contribution is 4.86. The molecular weight excluding hydrogens is 214 g/mol. The second kappa shape index (κ2) is 5.68. The van der Waals surface area contributed by atoms with Crippen molar-refractivity contribution in [2.24, 2.45) is 0 Å². The fourth-order valence-electron chi connectivity index (χ4n) is 3.71. The summed E-state index contributed by atoms with van der Waals surface area (Å²) in [6, 6.07) is 0.763. The Kier molecular flexibility index (Phi) is 4.45. The van der Waals surface area contributed by atoms with Crippen LogP contribution < -0.4 is 0 Å². The minimum atomic E-state index is -1.63. The van der Waals surface area contributed by atoms with Crippen LogP contribution in [0.5, 0.6) is 0 Å². The zero-order valence-corrected chi connectivity index (χ0v) is 11.1. The molecule has 0 heterocycles. The summed E-state index contributed by atoms with van der Waals surface area (Å²) in [6.07, 6.45) is 12.1. The van der Waals surface area contributed by atoms with Gasteiger partial charge in [-0.25, -0.2) is 4.90 Å². The van der Waals surface area contributed by atoms with Crippen LogP contribution in [0.25, 0.3) is 0 Å². The standard InChI is InChI=1S/C14H27NO2/c1-14(16,17)15(12-8-4-2-5-9-12)13-10-6-3-7-11-13/h12-13,16-17H,2-11H2,1H3. The van der Waals surface area contributed by atoms with Crippen molar-refractivity contribution in [1.82, 2.24) is 4.90 Å². The van der Waals surface area contributed by atoms with Gasteiger partial charge in [-0.05, 0) is 25.7 Å². The van der Waals surface area contributed by atoms with Crippen molar-refractivity contribution < 1.29 is 10.2 Å². The maximum Gasteiger partial charge on any atom is 0.222 e. The van der Waals surface area contributed by atoms with Crippen molar-refractivity contribution in [3.8, 4) is 0 Å². The van der Waals surface area contributed by atoms with Crippen LogP contribution in [0.3, 0.4) is 0 Å². The molecule has 0 amide bonds. The molecule has 2 N–H and O–H groups in total. The molecule has 0 radical (unpaired) electrons. The molecule has 17 heavy (non-hydrogen) atoms. The van der Waals surface area contributed by atoms with Gasteiger partial charge in [0.05, 0.1) is 0 Å². The van der Waals surface area contributed by atoms with Crippen molar-refractivity contribution in [1.29, 1.82) is 0 Å². The Morgan fingerprint density at radius 1 is 0.765 bits per heavy atom. The predicted octanol–water partition coefficient (Wildman–Crippen LogP) is 2.61. The molecule has 2 rings (SSSR count). The SMILES string of the molecule is CC(O)(O)N(C1CCCCC1)C1CCCCC1. The molecule has 0 aromatic carbocycles. The molecule has 100 valence electrons. The van der Waals surface area contributed by atoms with Crippen LogP contribution in [0.1, 0.15) is 71.1 Å². The molecule has 0 spiro atoms. The van der Waals surface area contributed by atoms with E-state index in [2.05, 4.69) is 0 Å². The van der Waals surface area contributed by atoms with Crippen molar-refractivity contribution >= 4 is 0 Å². The van der Waals surface area contributed by atoms with Gasteiger partial charge < -0.3 is 10.2 Å². The predicted molar refractivity (Wildman–Crippen MR) is 68.4 cm³/mol. The molecule has 2 saturated carbocycles. The van der Waals surface area contributed by atoms with E-state index in [1.54, 1.807) is 0 Å². The summed E-state index contributed by atoms with van der Waals surface area (Å²) in [4.78, 5) is 2.02. The molecule has 0 aliphatic heterocycles. The number of rotatable bonds is 3. The normalized spacial score (nSPS) is 25.4. The maximum absolute atomic E-state index is 10.1. The van der Waals surface area contributed by atoms with E-state index in [9.17, 15) is 10.2 Å². The third-order valence-electron chi connectivity index (χ3n) is 4.43. The van der Waals surface area contributed by atoms with Crippen LogP contribution in [0.2, 0.25) is 0 Å². The zero-order valence-electron chi connectivity index (χ0n) is 11.1. The second-order valence-electron chi connectivity index (χ2n) is 5.96. The molecule has 2 aliphatic rings. The van der Waals surface area contributed by atoms with Crippen LogP contribution in [-0.2, 0) is 0 Å². The topological polar surface area (TPSA) is 43.7 Å². The number of nitrogens with zero attached hydrogens (tertiary/aromatic N) is 1. The first-order valence-corrected chi connectivity index (χ1v) is 7.32. The van der Waals surface area contributed by atoms with Gasteiger partial charge in [0.1, 0.15) is 0 Å². The lowest BCUT2D eigenvalue weighted by molar-refractivity contribution is -0.279. The van der Waals surface area contributed by atoms with Gasteiger partial charge in [0.25, 0.3) is 0 Å². The Balaban J connectivity index is 2.06. The summed E-state index contributed by atoms with van der Waals surface area (Å²) < 4.78 is 0. The fraction of sp³-hybridized carbons (Fsp3) is 1.00. The van der Waals surface area contributed by atoms with Gasteiger partial charge in [-0.15, -0.1) is 0 Å². The van der Waals surface area contributed by atoms with E-state index < -0.39 is 5.91 Å². The Labute approximate surface area is 105 Å². The van der Waals surface area contributed by atoms with E-state index in [0.29, 0.717) is 12.1 Å². The van der Waals surface area contributed by atoms with Gasteiger partial charge in [-0.2, -0.15) is 0 Å². The minimum absolute atomic E-state index is 0.381. The molecular formula is C14H27NO2. The molecule has 0 atom stereocenters. The van der Waals surface area contributed by atoms with E-state index in [1.165, 1.54) is 45.4 Å². The zero-order chi connectivity index (χ0) is 12.3. The van der Waals surface area contributed by atoms with Gasteiger partial charge in [-0.3, -0.25) is 0 Å². The monoisotopic (exact) mass is 241 g/mol. The van der Waals surface area contributed by atoms with Crippen LogP contribution in [-0.4, -0.2) is 33.1 Å². The second-order valence-corrected chi connectivity index (χ2v) is 5.96.